The normalized spacial score (nSPS) is 21.2. The Kier molecular flexibility index (Phi) is 5.29. The summed E-state index contributed by atoms with van der Waals surface area (Å²) in [6.07, 6.45) is 6.30. The highest BCUT2D eigenvalue weighted by molar-refractivity contribution is 7.22. The van der Waals surface area contributed by atoms with Crippen LogP contribution >= 0.6 is 11.3 Å². The molecule has 4 aromatic heterocycles. The lowest BCUT2D eigenvalue weighted by atomic mass is 9.98. The Morgan fingerprint density at radius 2 is 2.15 bits per heavy atom. The first-order valence-corrected chi connectivity index (χ1v) is 11.3. The number of hydrogen-bond acceptors (Lipinski definition) is 7. The van der Waals surface area contributed by atoms with Gasteiger partial charge in [-0.25, -0.2) is 14.8 Å². The molecule has 1 aliphatic carbocycles. The Morgan fingerprint density at radius 1 is 1.30 bits per heavy atom. The number of carbonyl (C=O) groups is 1. The lowest BCUT2D eigenvalue weighted by molar-refractivity contribution is 0.0989. The number of fused-ring (bicyclic) bond motifs is 3. The zero-order chi connectivity index (χ0) is 23.1. The molecule has 0 unspecified atom stereocenters. The van der Waals surface area contributed by atoms with Gasteiger partial charge in [-0.05, 0) is 38.2 Å². The van der Waals surface area contributed by atoms with Crippen molar-refractivity contribution in [1.82, 2.24) is 35.0 Å². The van der Waals surface area contributed by atoms with Crippen LogP contribution in [0.5, 0.6) is 0 Å². The molecule has 2 fully saturated rings. The van der Waals surface area contributed by atoms with E-state index >= 15 is 0 Å². The Balaban J connectivity index is 0.000000281. The molecule has 6 rings (SSSR count). The van der Waals surface area contributed by atoms with Crippen LogP contribution < -0.4 is 11.1 Å². The predicted octanol–water partition coefficient (Wildman–Crippen LogP) is 2.66. The SMILES string of the molecule is Cc1[nH]ncc1-c1cc2nc([C@@H]3[C@H]4CC[C@H](C4)N3C(=O)O)[nH]c(=O)c2s1.O=c1ccnc[nH]1. The van der Waals surface area contributed by atoms with E-state index in [1.165, 1.54) is 34.8 Å². The number of hydrogen-bond donors (Lipinski definition) is 4. The minimum atomic E-state index is -0.940. The zero-order valence-electron chi connectivity index (χ0n) is 17.6. The van der Waals surface area contributed by atoms with Crippen molar-refractivity contribution in [2.75, 3.05) is 0 Å². The smallest absolute Gasteiger partial charge is 0.408 e. The van der Waals surface area contributed by atoms with E-state index in [0.29, 0.717) is 16.0 Å². The second kappa shape index (κ2) is 8.28. The van der Waals surface area contributed by atoms with Crippen LogP contribution in [0, 0.1) is 12.8 Å². The van der Waals surface area contributed by atoms with Crippen LogP contribution in [-0.4, -0.2) is 52.3 Å². The Hall–Kier alpha value is -3.80. The average molecular weight is 468 g/mol. The van der Waals surface area contributed by atoms with Gasteiger partial charge in [0.2, 0.25) is 0 Å². The average Bonchev–Trinajstić information content (AvgIpc) is 3.57. The number of rotatable bonds is 2. The highest BCUT2D eigenvalue weighted by Gasteiger charge is 2.50. The zero-order valence-corrected chi connectivity index (χ0v) is 18.4. The molecule has 11 nitrogen and oxygen atoms in total. The van der Waals surface area contributed by atoms with Gasteiger partial charge in [0.1, 0.15) is 10.5 Å². The van der Waals surface area contributed by atoms with Crippen LogP contribution in [0.4, 0.5) is 4.79 Å². The second-order valence-corrected chi connectivity index (χ2v) is 9.20. The van der Waals surface area contributed by atoms with Gasteiger partial charge in [-0.1, -0.05) is 0 Å². The molecule has 4 N–H and O–H groups in total. The standard InChI is InChI=1S/C17H17N5O3S.C4H4N2O/c1-7-10(6-18-21-7)12-5-11-14(26-12)16(23)20-15(19-11)13-8-2-3-9(4-8)22(13)17(24)25;7-4-1-2-5-3-6-4/h5-6,8-9,13H,2-4H2,1H3,(H,18,21)(H,24,25)(H,19,20,23);1-3H,(H,5,6,7)/t8-,9+,13-;/m0./s1. The molecule has 0 radical (unpaired) electrons. The van der Waals surface area contributed by atoms with Gasteiger partial charge in [-0.3, -0.25) is 19.6 Å². The molecule has 33 heavy (non-hydrogen) atoms. The number of H-pyrrole nitrogens is 3. The van der Waals surface area contributed by atoms with E-state index in [0.717, 1.165) is 35.4 Å². The number of aromatic amines is 3. The van der Waals surface area contributed by atoms with Crippen molar-refractivity contribution in [1.29, 1.82) is 0 Å². The molecule has 5 heterocycles. The Bertz CT molecular complexity index is 1420. The largest absolute Gasteiger partial charge is 0.465 e. The Morgan fingerprint density at radius 3 is 2.79 bits per heavy atom. The van der Waals surface area contributed by atoms with Crippen molar-refractivity contribution in [3.8, 4) is 10.4 Å². The van der Waals surface area contributed by atoms with Crippen molar-refractivity contribution in [3.05, 3.63) is 63.1 Å². The number of carboxylic acid groups (broad SMARTS) is 1. The van der Waals surface area contributed by atoms with E-state index in [1.54, 1.807) is 6.20 Å². The molecular formula is C21H21N7O4S. The van der Waals surface area contributed by atoms with Gasteiger partial charge in [0.15, 0.2) is 0 Å². The number of aromatic nitrogens is 6. The summed E-state index contributed by atoms with van der Waals surface area (Å²) in [7, 11) is 0. The van der Waals surface area contributed by atoms with Gasteiger partial charge in [0.25, 0.3) is 11.1 Å². The number of piperidine rings is 1. The second-order valence-electron chi connectivity index (χ2n) is 8.15. The van der Waals surface area contributed by atoms with Crippen molar-refractivity contribution >= 4 is 27.6 Å². The van der Waals surface area contributed by atoms with Gasteiger partial charge in [-0.2, -0.15) is 5.10 Å². The molecule has 1 saturated carbocycles. The maximum Gasteiger partial charge on any atom is 0.408 e. The highest BCUT2D eigenvalue weighted by Crippen LogP contribution is 2.49. The van der Waals surface area contributed by atoms with E-state index < -0.39 is 6.09 Å². The molecule has 2 bridgehead atoms. The lowest BCUT2D eigenvalue weighted by Gasteiger charge is -2.32. The summed E-state index contributed by atoms with van der Waals surface area (Å²) >= 11 is 1.37. The molecule has 1 amide bonds. The third-order valence-electron chi connectivity index (χ3n) is 6.18. The number of nitrogens with zero attached hydrogens (tertiary/aromatic N) is 4. The van der Waals surface area contributed by atoms with Crippen LogP contribution in [0.25, 0.3) is 20.7 Å². The third-order valence-corrected chi connectivity index (χ3v) is 7.33. The maximum absolute atomic E-state index is 12.6. The van der Waals surface area contributed by atoms with E-state index in [-0.39, 0.29) is 29.1 Å². The van der Waals surface area contributed by atoms with Crippen molar-refractivity contribution in [2.45, 2.75) is 38.3 Å². The van der Waals surface area contributed by atoms with Crippen LogP contribution in [0.15, 0.2) is 40.4 Å². The molecule has 0 aromatic carbocycles. The molecule has 3 atom stereocenters. The van der Waals surface area contributed by atoms with Gasteiger partial charge in [0, 0.05) is 34.4 Å². The monoisotopic (exact) mass is 467 g/mol. The summed E-state index contributed by atoms with van der Waals surface area (Å²) in [4.78, 5) is 50.4. The minimum absolute atomic E-state index is 0.0371. The third kappa shape index (κ3) is 3.82. The van der Waals surface area contributed by atoms with Crippen molar-refractivity contribution < 1.29 is 9.90 Å². The first-order valence-electron chi connectivity index (χ1n) is 10.5. The van der Waals surface area contributed by atoms with E-state index in [4.69, 9.17) is 0 Å². The quantitative estimate of drug-likeness (QED) is 0.352. The molecule has 2 aliphatic rings. The molecule has 0 spiro atoms. The molecule has 12 heteroatoms. The van der Waals surface area contributed by atoms with Crippen LogP contribution in [0.1, 0.15) is 36.8 Å². The summed E-state index contributed by atoms with van der Waals surface area (Å²) in [6.45, 7) is 1.93. The first-order chi connectivity index (χ1) is 15.9. The van der Waals surface area contributed by atoms with E-state index in [2.05, 4.69) is 30.1 Å². The number of nitrogens with one attached hydrogen (secondary N) is 3. The van der Waals surface area contributed by atoms with Gasteiger partial charge in [-0.15, -0.1) is 11.3 Å². The molecule has 1 aliphatic heterocycles. The summed E-state index contributed by atoms with van der Waals surface area (Å²) in [5.41, 5.74) is 2.15. The summed E-state index contributed by atoms with van der Waals surface area (Å²) < 4.78 is 0.550. The summed E-state index contributed by atoms with van der Waals surface area (Å²) in [6, 6.07) is 2.92. The summed E-state index contributed by atoms with van der Waals surface area (Å²) in [5.74, 6) is 0.691. The van der Waals surface area contributed by atoms with Gasteiger partial charge >= 0.3 is 6.09 Å². The molecule has 170 valence electrons. The van der Waals surface area contributed by atoms with Crippen LogP contribution in [-0.2, 0) is 0 Å². The topological polar surface area (TPSA) is 161 Å². The number of thiophene rings is 1. The van der Waals surface area contributed by atoms with E-state index in [1.807, 2.05) is 13.0 Å². The van der Waals surface area contributed by atoms with Gasteiger partial charge in [0.05, 0.1) is 24.1 Å². The number of likely N-dealkylation sites (tertiary alicyclic amines) is 1. The summed E-state index contributed by atoms with van der Waals surface area (Å²) in [5, 5.41) is 16.5. The fourth-order valence-corrected chi connectivity index (χ4v) is 5.81. The minimum Gasteiger partial charge on any atom is -0.465 e. The molecule has 4 aromatic rings. The number of amides is 1. The first kappa shape index (κ1) is 21.1. The molecule has 1 saturated heterocycles. The molecular weight excluding hydrogens is 446 g/mol. The number of aryl methyl sites for hydroxylation is 1. The maximum atomic E-state index is 12.6. The van der Waals surface area contributed by atoms with Crippen LogP contribution in [0.3, 0.4) is 0 Å². The fourth-order valence-electron chi connectivity index (χ4n) is 4.75. The highest BCUT2D eigenvalue weighted by atomic mass is 32.1. The predicted molar refractivity (Wildman–Crippen MR) is 121 cm³/mol. The van der Waals surface area contributed by atoms with Crippen molar-refractivity contribution in [2.24, 2.45) is 5.92 Å². The lowest BCUT2D eigenvalue weighted by Crippen LogP contribution is -2.40. The van der Waals surface area contributed by atoms with Gasteiger partial charge < -0.3 is 15.1 Å². The van der Waals surface area contributed by atoms with E-state index in [9.17, 15) is 19.5 Å². The fraction of sp³-hybridized carbons (Fsp3) is 0.333. The van der Waals surface area contributed by atoms with Crippen molar-refractivity contribution in [3.63, 3.8) is 0 Å². The van der Waals surface area contributed by atoms with Crippen LogP contribution in [0.2, 0.25) is 0 Å². The Labute approximate surface area is 190 Å².